The van der Waals surface area contributed by atoms with Gasteiger partial charge in [-0.15, -0.1) is 0 Å². The van der Waals surface area contributed by atoms with Crippen molar-refractivity contribution in [1.82, 2.24) is 41.5 Å². The van der Waals surface area contributed by atoms with E-state index in [1.165, 1.54) is 167 Å². The van der Waals surface area contributed by atoms with E-state index in [4.69, 9.17) is 10.5 Å². The molecular formula is C117H139F3N14O5. The molecule has 10 aromatic carbocycles. The number of esters is 2. The summed E-state index contributed by atoms with van der Waals surface area (Å²) >= 11 is 0. The predicted molar refractivity (Wildman–Crippen MR) is 567 cm³/mol. The first-order chi connectivity index (χ1) is 67.8. The monoisotopic (exact) mass is 1880 g/mol. The van der Waals surface area contributed by atoms with Crippen LogP contribution in [0.1, 0.15) is 153 Å². The number of nitrogens with one attached hydrogen (secondary N) is 7. The van der Waals surface area contributed by atoms with Crippen LogP contribution in [-0.4, -0.2) is 196 Å². The van der Waals surface area contributed by atoms with Gasteiger partial charge < -0.3 is 81.2 Å². The first-order valence-electron chi connectivity index (χ1n) is 50.5. The lowest BCUT2D eigenvalue weighted by molar-refractivity contribution is -0.141. The van der Waals surface area contributed by atoms with E-state index >= 15 is 0 Å². The maximum atomic E-state index is 13.5. The van der Waals surface area contributed by atoms with Crippen LogP contribution in [0.3, 0.4) is 0 Å². The highest BCUT2D eigenvalue weighted by Crippen LogP contribution is 2.40. The second-order valence-electron chi connectivity index (χ2n) is 38.5. The maximum Gasteiger partial charge on any atom is 0.306 e. The Balaban J connectivity index is 0.000000125. The number of rotatable bonds is 30. The number of fused-ring (bicyclic) bond motifs is 5. The lowest BCUT2D eigenvalue weighted by atomic mass is 10.0. The van der Waals surface area contributed by atoms with Crippen molar-refractivity contribution in [3.8, 4) is 22.5 Å². The molecule has 7 heterocycles. The van der Waals surface area contributed by atoms with Gasteiger partial charge in [-0.2, -0.15) is 0 Å². The van der Waals surface area contributed by atoms with Crippen LogP contribution in [0.5, 0.6) is 0 Å². The molecule has 0 radical (unpaired) electrons. The number of likely N-dealkylation sites (N-methyl/N-ethyl adjacent to an activating group) is 1. The molecule has 0 bridgehead atoms. The number of ether oxygens (including phenoxy) is 2. The number of H-pyrrole nitrogens is 2. The van der Waals surface area contributed by atoms with Crippen LogP contribution in [0.15, 0.2) is 237 Å². The first-order valence-corrected chi connectivity index (χ1v) is 50.5. The fourth-order valence-electron chi connectivity index (χ4n) is 20.4. The number of carbonyl (C=O) groups is 3. The zero-order valence-electron chi connectivity index (χ0n) is 81.6. The third-order valence-electron chi connectivity index (χ3n) is 28.5. The summed E-state index contributed by atoms with van der Waals surface area (Å²) in [5.41, 5.74) is 33.5. The molecular weight excluding hydrogens is 1740 g/mol. The summed E-state index contributed by atoms with van der Waals surface area (Å²) in [7, 11) is 7.09. The van der Waals surface area contributed by atoms with E-state index in [1.807, 2.05) is 18.2 Å². The number of piperidine rings is 5. The van der Waals surface area contributed by atoms with Crippen LogP contribution in [-0.2, 0) is 43.1 Å². The Hall–Kier alpha value is -12.5. The Labute approximate surface area is 819 Å². The van der Waals surface area contributed by atoms with Gasteiger partial charge in [0, 0.05) is 196 Å². The van der Waals surface area contributed by atoms with E-state index in [0.717, 1.165) is 186 Å². The second-order valence-corrected chi connectivity index (χ2v) is 38.5. The molecule has 5 fully saturated rings. The van der Waals surface area contributed by atoms with Crippen molar-refractivity contribution in [2.24, 2.45) is 5.73 Å². The number of unbranched alkanes of at least 4 members (excludes halogenated alkanes) is 1. The standard InChI is InChI=1S/C24H27FN2O2.C24H28N2O2.C24H30N2.C23H29FN4.C22H25FN4O/c1-29-24(28)7-10-26-22-8-11-27(12-9-22)23-4-2-3-17(16-23)19-13-18-5-6-21(25)15-20(18)14-19;1-28-24(27)9-12-25-22-10-13-26(14-11-22)23-8-4-7-20(17-23)21-15-18-5-2-3-6-19(18)16-21;1-2-3-13-25-23-11-14-26(15-12-23)24-10-6-9-21(18-24)22-16-19-7-4-5-8-20(19)17-22;1-27(2)13-10-25-20-8-11-28(12-9-20)21-5-3-4-17(15-21)23-16-18-14-19(24)6-7-22(18)26-23;23-17-4-5-20-16(12-17)14-21(26-20)15-2-1-3-19(13-15)27-10-7-18(8-11-27)25-9-6-22(24)28/h2-6,14-16,22,26H,7-13H2,1H3;2-8,15,17,22,25H,9-14,16H2,1H3;4-10,16,18,23,25H,2-3,11-15,17H2,1H3;3-7,14-16,20,25-26H,8-13H2,1-2H3;1-5,12-14,18,25-26H,6-11H2,(H2,24,28). The molecule has 5 saturated heterocycles. The zero-order valence-corrected chi connectivity index (χ0v) is 81.6. The summed E-state index contributed by atoms with van der Waals surface area (Å²) in [6, 6.07) is 82.7. The molecule has 20 rings (SSSR count). The Morgan fingerprint density at radius 2 is 0.676 bits per heavy atom. The first kappa shape index (κ1) is 99.5. The quantitative estimate of drug-likeness (QED) is 0.0156. The molecule has 728 valence electrons. The fraction of sp³-hybridized carbons (Fsp3) is 0.376. The Morgan fingerprint density at radius 1 is 0.360 bits per heavy atom. The van der Waals surface area contributed by atoms with E-state index in [1.54, 1.807) is 30.3 Å². The summed E-state index contributed by atoms with van der Waals surface area (Å²) in [5.74, 6) is -1.18. The molecule has 0 spiro atoms. The van der Waals surface area contributed by atoms with Gasteiger partial charge in [0.2, 0.25) is 5.91 Å². The van der Waals surface area contributed by atoms with Gasteiger partial charge in [0.05, 0.1) is 27.1 Å². The zero-order chi connectivity index (χ0) is 96.4. The molecule has 9 N–H and O–H groups in total. The normalized spacial score (nSPS) is 16.2. The largest absolute Gasteiger partial charge is 0.469 e. The highest BCUT2D eigenvalue weighted by atomic mass is 19.1. The van der Waals surface area contributed by atoms with Crippen LogP contribution < -0.4 is 56.8 Å². The van der Waals surface area contributed by atoms with Crippen LogP contribution in [0, 0.1) is 17.5 Å². The van der Waals surface area contributed by atoms with Crippen LogP contribution >= 0.6 is 0 Å². The van der Waals surface area contributed by atoms with Crippen LogP contribution in [0.4, 0.5) is 41.6 Å². The molecule has 19 nitrogen and oxygen atoms in total. The van der Waals surface area contributed by atoms with Crippen molar-refractivity contribution in [2.75, 3.05) is 158 Å². The SMILES string of the molecule is CCCCNC1CCN(c2cccc(C3=Cc4ccccc4C3)c2)CC1.CN(C)CCNC1CCN(c2cccc(-c3cc4cc(F)ccc4[nH]3)c2)CC1.COC(=O)CCNC1CCN(c2cccc(C3=Cc4cc(F)ccc4C3)c2)CC1.COC(=O)CCNC1CCN(c2cccc(C3=Cc4ccccc4C3)c2)CC1.NC(=O)CCNC1CCN(c2cccc(-c3cc4cc(F)ccc4[nH]3)c2)CC1. The van der Waals surface area contributed by atoms with Crippen molar-refractivity contribution >= 4 is 103 Å². The second kappa shape index (κ2) is 49.3. The third kappa shape index (κ3) is 28.0. The number of nitrogens with zero attached hydrogens (tertiary/aromatic N) is 6. The average Bonchev–Trinajstić information content (AvgIpc) is 1.69. The van der Waals surface area contributed by atoms with Crippen molar-refractivity contribution < 1.29 is 37.0 Å². The number of amides is 1. The fourth-order valence-corrected chi connectivity index (χ4v) is 20.4. The minimum Gasteiger partial charge on any atom is -0.469 e. The highest BCUT2D eigenvalue weighted by Gasteiger charge is 2.28. The van der Waals surface area contributed by atoms with E-state index in [-0.39, 0.29) is 35.3 Å². The Bertz CT molecular complexity index is 6180. The molecule has 5 aliphatic heterocycles. The molecule has 0 saturated carbocycles. The van der Waals surface area contributed by atoms with Crippen molar-refractivity contribution in [2.45, 2.75) is 153 Å². The van der Waals surface area contributed by atoms with Gasteiger partial charge in [0.25, 0.3) is 0 Å². The van der Waals surface area contributed by atoms with Crippen molar-refractivity contribution in [3.63, 3.8) is 0 Å². The Morgan fingerprint density at radius 3 is 1.03 bits per heavy atom. The smallest absolute Gasteiger partial charge is 0.306 e. The molecule has 3 aliphatic carbocycles. The lowest BCUT2D eigenvalue weighted by Gasteiger charge is -2.34. The van der Waals surface area contributed by atoms with Crippen LogP contribution in [0.25, 0.3) is 79.3 Å². The molecule has 1 amide bonds. The number of hydrogen-bond donors (Lipinski definition) is 8. The van der Waals surface area contributed by atoms with Gasteiger partial charge in [0.1, 0.15) is 17.5 Å². The number of aromatic amines is 2. The Kier molecular flexibility index (Phi) is 35.3. The van der Waals surface area contributed by atoms with E-state index in [0.29, 0.717) is 69.1 Å². The minimum atomic E-state index is -0.263. The van der Waals surface area contributed by atoms with Crippen molar-refractivity contribution in [1.29, 1.82) is 0 Å². The summed E-state index contributed by atoms with van der Waals surface area (Å²) < 4.78 is 49.8. The number of aromatic nitrogens is 2. The summed E-state index contributed by atoms with van der Waals surface area (Å²) in [4.78, 5) is 54.6. The summed E-state index contributed by atoms with van der Waals surface area (Å²) in [6.45, 7) is 18.0. The van der Waals surface area contributed by atoms with Gasteiger partial charge in [-0.25, -0.2) is 13.2 Å². The minimum absolute atomic E-state index is 0.148. The molecule has 22 heteroatoms. The number of primary amides is 1. The highest BCUT2D eigenvalue weighted by molar-refractivity contribution is 5.93. The summed E-state index contributed by atoms with van der Waals surface area (Å²) in [6.07, 6.45) is 24.8. The van der Waals surface area contributed by atoms with Gasteiger partial charge in [-0.05, 0) is 310 Å². The molecule has 139 heavy (non-hydrogen) atoms. The number of nitrogens with two attached hydrogens (primary N) is 1. The number of halogens is 3. The van der Waals surface area contributed by atoms with Gasteiger partial charge >= 0.3 is 11.9 Å². The van der Waals surface area contributed by atoms with Gasteiger partial charge in [-0.3, -0.25) is 14.4 Å². The topological polar surface area (TPSA) is 207 Å². The molecule has 0 atom stereocenters. The maximum absolute atomic E-state index is 13.5. The number of benzene rings is 10. The number of anilines is 5. The van der Waals surface area contributed by atoms with Crippen molar-refractivity contribution in [3.05, 3.63) is 304 Å². The van der Waals surface area contributed by atoms with E-state index in [9.17, 15) is 27.6 Å². The number of carbonyl (C=O) groups excluding carboxylic acids is 3. The summed E-state index contributed by atoms with van der Waals surface area (Å²) in [5, 5.41) is 19.6. The molecule has 12 aromatic rings. The number of hydrogen-bond acceptors (Lipinski definition) is 16. The lowest BCUT2D eigenvalue weighted by Crippen LogP contribution is -2.44. The molecule has 8 aliphatic rings. The van der Waals surface area contributed by atoms with Crippen LogP contribution in [0.2, 0.25) is 0 Å². The number of allylic oxidation sites excluding steroid dienone is 3. The van der Waals surface area contributed by atoms with Gasteiger partial charge in [-0.1, -0.05) is 147 Å². The third-order valence-corrected chi connectivity index (χ3v) is 28.5. The molecule has 0 unspecified atom stereocenters. The molecule has 2 aromatic heterocycles. The van der Waals surface area contributed by atoms with E-state index in [2.05, 4.69) is 280 Å². The predicted octanol–water partition coefficient (Wildman–Crippen LogP) is 20.6. The number of methoxy groups -OCH3 is 2. The average molecular weight is 1880 g/mol. The van der Waals surface area contributed by atoms with E-state index < -0.39 is 0 Å². The van der Waals surface area contributed by atoms with Gasteiger partial charge in [0.15, 0.2) is 0 Å².